The van der Waals surface area contributed by atoms with E-state index in [-0.39, 0.29) is 11.4 Å². The van der Waals surface area contributed by atoms with Gasteiger partial charge in [-0.05, 0) is 79.6 Å². The summed E-state index contributed by atoms with van der Waals surface area (Å²) < 4.78 is 63.6. The van der Waals surface area contributed by atoms with Crippen molar-refractivity contribution >= 4 is 21.3 Å². The molecule has 3 aromatic rings. The van der Waals surface area contributed by atoms with Crippen molar-refractivity contribution in [1.82, 2.24) is 4.72 Å². The van der Waals surface area contributed by atoms with Crippen molar-refractivity contribution in [3.05, 3.63) is 95.7 Å². The standard InChI is InChI=1S/C30H32F3N3O3S/c1-2-20-34-40(38,24-18-16-23(17-19-24)39-30(31,32)33)35-25-10-7-13-28(29(25)37)36-26-11-5-3-8-21(26)14-15-22-9-4-6-12-27(22)36/h3-6,8-9,11-13,16-19,25,29,37H,2,7,10,14-15,20H2,1H3,(H,34,35,38)/t25-,29-,40?/m0/s1. The number of nitrogens with zero attached hydrogens (tertiary/aromatic N) is 2. The van der Waals surface area contributed by atoms with Crippen LogP contribution in [-0.4, -0.2) is 34.4 Å². The van der Waals surface area contributed by atoms with Crippen LogP contribution in [0, 0.1) is 0 Å². The number of nitrogens with one attached hydrogen (secondary N) is 1. The Morgan fingerprint density at radius 1 is 1.00 bits per heavy atom. The predicted molar refractivity (Wildman–Crippen MR) is 150 cm³/mol. The van der Waals surface area contributed by atoms with Gasteiger partial charge in [0.1, 0.15) is 21.8 Å². The van der Waals surface area contributed by atoms with Crippen LogP contribution in [0.4, 0.5) is 24.5 Å². The number of aliphatic hydroxyl groups is 1. The van der Waals surface area contributed by atoms with Crippen LogP contribution in [0.2, 0.25) is 0 Å². The fraction of sp³-hybridized carbons (Fsp3) is 0.333. The Balaban J connectivity index is 1.48. The van der Waals surface area contributed by atoms with Gasteiger partial charge in [-0.2, -0.15) is 0 Å². The molecule has 0 bridgehead atoms. The van der Waals surface area contributed by atoms with Crippen molar-refractivity contribution < 1.29 is 27.2 Å². The molecule has 40 heavy (non-hydrogen) atoms. The first kappa shape index (κ1) is 28.2. The number of rotatable bonds is 7. The molecule has 10 heteroatoms. The number of halogens is 3. The van der Waals surface area contributed by atoms with Gasteiger partial charge in [0.25, 0.3) is 0 Å². The Kier molecular flexibility index (Phi) is 8.21. The van der Waals surface area contributed by atoms with E-state index in [9.17, 15) is 22.5 Å². The summed E-state index contributed by atoms with van der Waals surface area (Å²) in [6, 6.07) is 20.6. The lowest BCUT2D eigenvalue weighted by molar-refractivity contribution is -0.274. The Morgan fingerprint density at radius 2 is 1.60 bits per heavy atom. The molecule has 1 heterocycles. The predicted octanol–water partition coefficient (Wildman–Crippen LogP) is 6.67. The second-order valence-electron chi connectivity index (χ2n) is 9.87. The molecule has 0 spiro atoms. The maximum Gasteiger partial charge on any atom is 0.573 e. The zero-order valence-electron chi connectivity index (χ0n) is 22.1. The first-order valence-corrected chi connectivity index (χ1v) is 14.9. The van der Waals surface area contributed by atoms with E-state index in [4.69, 9.17) is 0 Å². The summed E-state index contributed by atoms with van der Waals surface area (Å²) in [5.74, 6) is -0.407. The number of allylic oxidation sites excluding steroid dienone is 1. The zero-order chi connectivity index (χ0) is 28.3. The molecule has 0 saturated heterocycles. The van der Waals surface area contributed by atoms with Gasteiger partial charge in [-0.25, -0.2) is 13.3 Å². The molecule has 1 aliphatic heterocycles. The van der Waals surface area contributed by atoms with E-state index >= 15 is 0 Å². The van der Waals surface area contributed by atoms with Gasteiger partial charge >= 0.3 is 6.36 Å². The maximum atomic E-state index is 14.2. The van der Waals surface area contributed by atoms with E-state index in [0.29, 0.717) is 25.0 Å². The van der Waals surface area contributed by atoms with Crippen LogP contribution in [0.15, 0.2) is 93.8 Å². The number of aliphatic hydroxyl groups excluding tert-OH is 1. The summed E-state index contributed by atoms with van der Waals surface area (Å²) in [4.78, 5) is 2.33. The number of aryl methyl sites for hydroxylation is 2. The molecule has 1 unspecified atom stereocenters. The molecule has 6 nitrogen and oxygen atoms in total. The summed E-state index contributed by atoms with van der Waals surface area (Å²) in [5.41, 5.74) is 5.02. The molecule has 212 valence electrons. The van der Waals surface area contributed by atoms with Crippen molar-refractivity contribution in [2.75, 3.05) is 11.4 Å². The van der Waals surface area contributed by atoms with Crippen molar-refractivity contribution in [3.8, 4) is 5.75 Å². The SMILES string of the molecule is CCCN=S(=O)(N[C@H]1CCC=C(N2c3ccccc3CCc3ccccc32)[C@H]1O)c1ccc(OC(F)(F)F)cc1. The highest BCUT2D eigenvalue weighted by Crippen LogP contribution is 2.41. The van der Waals surface area contributed by atoms with Crippen LogP contribution < -0.4 is 14.4 Å². The van der Waals surface area contributed by atoms with E-state index in [2.05, 4.69) is 30.9 Å². The number of hydrogen-bond donors (Lipinski definition) is 2. The van der Waals surface area contributed by atoms with Crippen LogP contribution in [0.3, 0.4) is 0 Å². The topological polar surface area (TPSA) is 74.2 Å². The number of benzene rings is 3. The second-order valence-corrected chi connectivity index (χ2v) is 11.9. The average Bonchev–Trinajstić information content (AvgIpc) is 3.10. The van der Waals surface area contributed by atoms with Gasteiger partial charge < -0.3 is 14.7 Å². The summed E-state index contributed by atoms with van der Waals surface area (Å²) in [6.07, 6.45) is -0.309. The fourth-order valence-electron chi connectivity index (χ4n) is 5.23. The number of anilines is 2. The Bertz CT molecular complexity index is 1450. The lowest BCUT2D eigenvalue weighted by Gasteiger charge is -2.38. The lowest BCUT2D eigenvalue weighted by atomic mass is 9.94. The highest BCUT2D eigenvalue weighted by molar-refractivity contribution is 7.91. The number of para-hydroxylation sites is 2. The highest BCUT2D eigenvalue weighted by atomic mass is 32.2. The first-order valence-electron chi connectivity index (χ1n) is 13.4. The third-order valence-electron chi connectivity index (χ3n) is 7.09. The number of ether oxygens (including phenoxy) is 1. The molecule has 0 fully saturated rings. The molecule has 1 aliphatic carbocycles. The highest BCUT2D eigenvalue weighted by Gasteiger charge is 2.35. The normalized spacial score (nSPS) is 20.4. The second kappa shape index (κ2) is 11.6. The molecule has 5 rings (SSSR count). The third-order valence-corrected chi connectivity index (χ3v) is 9.17. The van der Waals surface area contributed by atoms with Gasteiger partial charge in [-0.15, -0.1) is 13.2 Å². The molecular formula is C30H32F3N3O3S. The largest absolute Gasteiger partial charge is 0.573 e. The van der Waals surface area contributed by atoms with Crippen molar-refractivity contribution in [3.63, 3.8) is 0 Å². The van der Waals surface area contributed by atoms with Gasteiger partial charge in [-0.1, -0.05) is 49.4 Å². The Labute approximate surface area is 232 Å². The van der Waals surface area contributed by atoms with Crippen LogP contribution in [0.25, 0.3) is 0 Å². The van der Waals surface area contributed by atoms with Crippen LogP contribution in [-0.2, 0) is 22.8 Å². The van der Waals surface area contributed by atoms with E-state index in [1.807, 2.05) is 49.4 Å². The van der Waals surface area contributed by atoms with Gasteiger partial charge in [0.15, 0.2) is 0 Å². The van der Waals surface area contributed by atoms with E-state index in [1.165, 1.54) is 23.3 Å². The van der Waals surface area contributed by atoms with Gasteiger partial charge in [0.2, 0.25) is 0 Å². The lowest BCUT2D eigenvalue weighted by Crippen LogP contribution is -2.48. The number of alkyl halides is 3. The van der Waals surface area contributed by atoms with Gasteiger partial charge in [-0.3, -0.25) is 0 Å². The van der Waals surface area contributed by atoms with Crippen LogP contribution >= 0.6 is 0 Å². The molecular weight excluding hydrogens is 539 g/mol. The van der Waals surface area contributed by atoms with Gasteiger partial charge in [0.05, 0.1) is 10.9 Å². The molecule has 3 aromatic carbocycles. The third kappa shape index (κ3) is 6.04. The van der Waals surface area contributed by atoms with Crippen molar-refractivity contribution in [2.24, 2.45) is 4.36 Å². The van der Waals surface area contributed by atoms with E-state index in [0.717, 1.165) is 36.3 Å². The summed E-state index contributed by atoms with van der Waals surface area (Å²) in [6.45, 7) is 2.18. The molecule has 0 amide bonds. The number of hydrogen-bond acceptors (Lipinski definition) is 5. The minimum atomic E-state index is -4.83. The van der Waals surface area contributed by atoms with Crippen LogP contribution in [0.5, 0.6) is 5.75 Å². The van der Waals surface area contributed by atoms with E-state index in [1.54, 1.807) is 0 Å². The zero-order valence-corrected chi connectivity index (χ0v) is 22.9. The molecule has 0 radical (unpaired) electrons. The Hall–Kier alpha value is -3.34. The summed E-state index contributed by atoms with van der Waals surface area (Å²) in [5, 5.41) is 11.7. The maximum absolute atomic E-state index is 14.2. The van der Waals surface area contributed by atoms with Crippen molar-refractivity contribution in [1.29, 1.82) is 0 Å². The molecule has 0 aromatic heterocycles. The summed E-state index contributed by atoms with van der Waals surface area (Å²) in [7, 11) is -3.27. The minimum absolute atomic E-state index is 0.226. The monoisotopic (exact) mass is 571 g/mol. The Morgan fingerprint density at radius 3 is 2.17 bits per heavy atom. The van der Waals surface area contributed by atoms with Gasteiger partial charge in [0, 0.05) is 23.6 Å². The minimum Gasteiger partial charge on any atom is -0.406 e. The smallest absolute Gasteiger partial charge is 0.406 e. The molecule has 3 atom stereocenters. The van der Waals surface area contributed by atoms with E-state index < -0.39 is 34.2 Å². The quantitative estimate of drug-likeness (QED) is 0.332. The number of fused-ring (bicyclic) bond motifs is 2. The fourth-order valence-corrected chi connectivity index (χ4v) is 7.19. The van der Waals surface area contributed by atoms with Crippen molar-refractivity contribution in [2.45, 2.75) is 62.4 Å². The first-order chi connectivity index (χ1) is 19.2. The molecule has 0 saturated carbocycles. The van der Waals surface area contributed by atoms with Crippen LogP contribution in [0.1, 0.15) is 37.3 Å². The average molecular weight is 572 g/mol. The summed E-state index contributed by atoms with van der Waals surface area (Å²) >= 11 is 0. The molecule has 2 N–H and O–H groups in total. The molecule has 2 aliphatic rings.